The second-order valence-electron chi connectivity index (χ2n) is 2.09. The fourth-order valence-electron chi connectivity index (χ4n) is 0.587. The molecule has 0 saturated heterocycles. The van der Waals surface area contributed by atoms with Crippen LogP contribution in [0.2, 0.25) is 0 Å². The number of sulfonamides is 1. The highest BCUT2D eigenvalue weighted by Crippen LogP contribution is 2.11. The van der Waals surface area contributed by atoms with E-state index in [2.05, 4.69) is 13.2 Å². The van der Waals surface area contributed by atoms with Crippen LogP contribution in [0.25, 0.3) is 0 Å². The van der Waals surface area contributed by atoms with E-state index in [-0.39, 0.29) is 4.91 Å². The van der Waals surface area contributed by atoms with Crippen LogP contribution in [0.1, 0.15) is 6.92 Å². The molecule has 0 aliphatic heterocycles. The maximum absolute atomic E-state index is 10.8. The normalized spacial score (nSPS) is 12.7. The van der Waals surface area contributed by atoms with Crippen molar-refractivity contribution in [3.05, 3.63) is 35.8 Å². The Bertz CT molecular complexity index is 298. The van der Waals surface area contributed by atoms with Gasteiger partial charge in [0.15, 0.2) is 0 Å². The van der Waals surface area contributed by atoms with E-state index < -0.39 is 10.0 Å². The van der Waals surface area contributed by atoms with Gasteiger partial charge in [-0.1, -0.05) is 19.2 Å². The highest BCUT2D eigenvalue weighted by atomic mass is 32.2. The van der Waals surface area contributed by atoms with E-state index >= 15 is 0 Å². The monoisotopic (exact) mass is 173 g/mol. The quantitative estimate of drug-likeness (QED) is 0.645. The van der Waals surface area contributed by atoms with Crippen LogP contribution in [0.15, 0.2) is 35.8 Å². The van der Waals surface area contributed by atoms with E-state index in [1.807, 2.05) is 0 Å². The van der Waals surface area contributed by atoms with Gasteiger partial charge in [-0.15, -0.1) is 0 Å². The molecule has 0 amide bonds. The van der Waals surface area contributed by atoms with Gasteiger partial charge in [-0.05, 0) is 18.6 Å². The molecule has 11 heavy (non-hydrogen) atoms. The minimum Gasteiger partial charge on any atom is -0.225 e. The summed E-state index contributed by atoms with van der Waals surface area (Å²) in [6, 6.07) is 0. The molecule has 0 rings (SSSR count). The molecule has 62 valence electrons. The molecule has 0 aromatic rings. The zero-order valence-corrected chi connectivity index (χ0v) is 7.19. The van der Waals surface area contributed by atoms with E-state index in [0.29, 0.717) is 5.57 Å². The van der Waals surface area contributed by atoms with Crippen LogP contribution < -0.4 is 5.14 Å². The van der Waals surface area contributed by atoms with Crippen molar-refractivity contribution in [2.45, 2.75) is 6.92 Å². The maximum atomic E-state index is 10.8. The first kappa shape index (κ1) is 10.1. The van der Waals surface area contributed by atoms with Gasteiger partial charge in [-0.25, -0.2) is 13.6 Å². The van der Waals surface area contributed by atoms with Crippen LogP contribution >= 0.6 is 0 Å². The highest BCUT2D eigenvalue weighted by molar-refractivity contribution is 7.93. The van der Waals surface area contributed by atoms with Crippen molar-refractivity contribution < 1.29 is 8.42 Å². The Balaban J connectivity index is 5.11. The standard InChI is InChI=1S/C7H11NO2S/c1-4-5-7(6(2)3)11(8,9)10/h4-5H,1-2H2,3H3,(H2,8,9,10)/b7-5+. The molecule has 4 heteroatoms. The van der Waals surface area contributed by atoms with Crippen molar-refractivity contribution in [1.82, 2.24) is 0 Å². The van der Waals surface area contributed by atoms with Crippen molar-refractivity contribution in [3.8, 4) is 0 Å². The van der Waals surface area contributed by atoms with E-state index in [9.17, 15) is 8.42 Å². The molecule has 0 fully saturated rings. The van der Waals surface area contributed by atoms with Crippen LogP contribution in [0.5, 0.6) is 0 Å². The number of hydrogen-bond acceptors (Lipinski definition) is 2. The van der Waals surface area contributed by atoms with Gasteiger partial charge in [0.2, 0.25) is 10.0 Å². The van der Waals surface area contributed by atoms with Crippen molar-refractivity contribution in [2.75, 3.05) is 0 Å². The smallest absolute Gasteiger partial charge is 0.225 e. The molecule has 0 aromatic heterocycles. The van der Waals surface area contributed by atoms with Crippen LogP contribution in [0.4, 0.5) is 0 Å². The Morgan fingerprint density at radius 1 is 1.55 bits per heavy atom. The molecule has 0 atom stereocenters. The van der Waals surface area contributed by atoms with Crippen LogP contribution in [0, 0.1) is 0 Å². The van der Waals surface area contributed by atoms with Gasteiger partial charge in [0.05, 0.1) is 4.91 Å². The summed E-state index contributed by atoms with van der Waals surface area (Å²) in [6.45, 7) is 8.39. The van der Waals surface area contributed by atoms with Crippen molar-refractivity contribution in [3.63, 3.8) is 0 Å². The molecule has 0 spiro atoms. The maximum Gasteiger partial charge on any atom is 0.238 e. The molecule has 0 aromatic carbocycles. The topological polar surface area (TPSA) is 60.2 Å². The molecule has 0 bridgehead atoms. The lowest BCUT2D eigenvalue weighted by atomic mass is 10.3. The SMILES string of the molecule is C=C/C=C(\C(=C)C)S(N)(=O)=O. The van der Waals surface area contributed by atoms with Crippen LogP contribution in [-0.4, -0.2) is 8.42 Å². The Hall–Kier alpha value is -0.870. The Kier molecular flexibility index (Phi) is 3.22. The van der Waals surface area contributed by atoms with Crippen molar-refractivity contribution in [2.24, 2.45) is 5.14 Å². The van der Waals surface area contributed by atoms with E-state index in [1.54, 1.807) is 6.92 Å². The number of allylic oxidation sites excluding steroid dienone is 3. The number of primary sulfonamides is 1. The van der Waals surface area contributed by atoms with Gasteiger partial charge in [-0.2, -0.15) is 0 Å². The zero-order valence-electron chi connectivity index (χ0n) is 6.37. The molecule has 0 aliphatic rings. The summed E-state index contributed by atoms with van der Waals surface area (Å²) in [5.74, 6) is 0. The Morgan fingerprint density at radius 2 is 2.00 bits per heavy atom. The molecule has 0 aliphatic carbocycles. The summed E-state index contributed by atoms with van der Waals surface area (Å²) in [4.78, 5) is 0.0208. The zero-order chi connectivity index (χ0) is 9.07. The predicted molar refractivity (Wildman–Crippen MR) is 46.2 cm³/mol. The number of hydrogen-bond donors (Lipinski definition) is 1. The average molecular weight is 173 g/mol. The molecular weight excluding hydrogens is 162 g/mol. The number of nitrogens with two attached hydrogens (primary N) is 1. The lowest BCUT2D eigenvalue weighted by Gasteiger charge is -2.00. The lowest BCUT2D eigenvalue weighted by molar-refractivity contribution is 0.604. The highest BCUT2D eigenvalue weighted by Gasteiger charge is 2.10. The summed E-state index contributed by atoms with van der Waals surface area (Å²) < 4.78 is 21.5. The van der Waals surface area contributed by atoms with Crippen molar-refractivity contribution in [1.29, 1.82) is 0 Å². The predicted octanol–water partition coefficient (Wildman–Crippen LogP) is 0.921. The van der Waals surface area contributed by atoms with Crippen molar-refractivity contribution >= 4 is 10.0 Å². The molecule has 0 radical (unpaired) electrons. The van der Waals surface area contributed by atoms with E-state index in [1.165, 1.54) is 12.2 Å². The number of rotatable bonds is 3. The summed E-state index contributed by atoms with van der Waals surface area (Å²) in [7, 11) is -3.64. The third kappa shape index (κ3) is 3.15. The second kappa shape index (κ2) is 3.50. The third-order valence-corrected chi connectivity index (χ3v) is 2.09. The first-order valence-electron chi connectivity index (χ1n) is 2.91. The van der Waals surface area contributed by atoms with Gasteiger partial charge in [-0.3, -0.25) is 0 Å². The molecule has 0 unspecified atom stereocenters. The average Bonchev–Trinajstić information content (AvgIpc) is 1.79. The largest absolute Gasteiger partial charge is 0.238 e. The van der Waals surface area contributed by atoms with Gasteiger partial charge >= 0.3 is 0 Å². The fraction of sp³-hybridized carbons (Fsp3) is 0.143. The second-order valence-corrected chi connectivity index (χ2v) is 3.62. The van der Waals surface area contributed by atoms with Gasteiger partial charge in [0.25, 0.3) is 0 Å². The Morgan fingerprint density at radius 3 is 2.09 bits per heavy atom. The van der Waals surface area contributed by atoms with Crippen LogP contribution in [0.3, 0.4) is 0 Å². The summed E-state index contributed by atoms with van der Waals surface area (Å²) in [5.41, 5.74) is 0.410. The minimum atomic E-state index is -3.64. The summed E-state index contributed by atoms with van der Waals surface area (Å²) in [6.07, 6.45) is 2.67. The molecule has 2 N–H and O–H groups in total. The molecule has 0 heterocycles. The third-order valence-electron chi connectivity index (χ3n) is 0.996. The van der Waals surface area contributed by atoms with Gasteiger partial charge in [0, 0.05) is 0 Å². The fourth-order valence-corrected chi connectivity index (χ4v) is 1.36. The van der Waals surface area contributed by atoms with Crippen LogP contribution in [-0.2, 0) is 10.0 Å². The molecular formula is C7H11NO2S. The van der Waals surface area contributed by atoms with Gasteiger partial charge < -0.3 is 0 Å². The lowest BCUT2D eigenvalue weighted by Crippen LogP contribution is -2.14. The molecule has 0 saturated carbocycles. The summed E-state index contributed by atoms with van der Waals surface area (Å²) >= 11 is 0. The first-order valence-corrected chi connectivity index (χ1v) is 4.45. The first-order chi connectivity index (χ1) is 4.89. The van der Waals surface area contributed by atoms with E-state index in [0.717, 1.165) is 0 Å². The molecule has 3 nitrogen and oxygen atoms in total. The van der Waals surface area contributed by atoms with Gasteiger partial charge in [0.1, 0.15) is 0 Å². The minimum absolute atomic E-state index is 0.0208. The summed E-state index contributed by atoms with van der Waals surface area (Å²) in [5, 5.41) is 4.86. The Labute approximate surface area is 67.0 Å². The van der Waals surface area contributed by atoms with E-state index in [4.69, 9.17) is 5.14 Å².